The first-order valence-corrected chi connectivity index (χ1v) is 6.45. The second kappa shape index (κ2) is 6.11. The Hall–Kier alpha value is -1.78. The van der Waals surface area contributed by atoms with Crippen molar-refractivity contribution in [1.29, 1.82) is 0 Å². The molecule has 0 spiro atoms. The van der Waals surface area contributed by atoms with E-state index in [0.29, 0.717) is 15.8 Å². The van der Waals surface area contributed by atoms with E-state index in [2.05, 4.69) is 4.74 Å². The number of halogens is 2. The molecule has 2 rings (SSSR count). The van der Waals surface area contributed by atoms with Gasteiger partial charge in [-0.15, -0.1) is 0 Å². The van der Waals surface area contributed by atoms with E-state index in [-0.39, 0.29) is 10.8 Å². The van der Waals surface area contributed by atoms with Crippen molar-refractivity contribution in [2.24, 2.45) is 0 Å². The lowest BCUT2D eigenvalue weighted by molar-refractivity contribution is -0.151. The van der Waals surface area contributed by atoms with Gasteiger partial charge in [0.15, 0.2) is 12.4 Å². The molecule has 0 saturated carbocycles. The average Bonchev–Trinajstić information content (AvgIpc) is 2.41. The van der Waals surface area contributed by atoms with Gasteiger partial charge in [-0.05, 0) is 6.07 Å². The lowest BCUT2D eigenvalue weighted by Gasteiger charge is -2.11. The first-order chi connectivity index (χ1) is 9.49. The van der Waals surface area contributed by atoms with E-state index < -0.39 is 18.5 Å². The molecule has 2 aromatic rings. The third-order valence-corrected chi connectivity index (χ3v) is 3.10. The highest BCUT2D eigenvalue weighted by molar-refractivity contribution is 6.40. The third-order valence-electron chi connectivity index (χ3n) is 2.51. The molecule has 0 unspecified atom stereocenters. The van der Waals surface area contributed by atoms with Crippen molar-refractivity contribution in [3.63, 3.8) is 0 Å². The fourth-order valence-corrected chi connectivity index (χ4v) is 2.26. The molecule has 0 N–H and O–H groups in total. The van der Waals surface area contributed by atoms with Crippen LogP contribution >= 0.6 is 23.2 Å². The molecule has 104 valence electrons. The third kappa shape index (κ3) is 3.21. The Bertz CT molecular complexity index is 682. The van der Waals surface area contributed by atoms with Gasteiger partial charge >= 0.3 is 11.9 Å². The second-order valence-corrected chi connectivity index (χ2v) is 4.78. The van der Waals surface area contributed by atoms with Gasteiger partial charge in [0.2, 0.25) is 0 Å². The van der Waals surface area contributed by atoms with Gasteiger partial charge in [0.05, 0.1) is 10.0 Å². The van der Waals surface area contributed by atoms with Crippen LogP contribution in [0.2, 0.25) is 10.0 Å². The summed E-state index contributed by atoms with van der Waals surface area (Å²) in [5.41, 5.74) is 0. The zero-order valence-electron chi connectivity index (χ0n) is 10.5. The van der Waals surface area contributed by atoms with E-state index in [1.165, 1.54) is 13.0 Å². The summed E-state index contributed by atoms with van der Waals surface area (Å²) in [7, 11) is 0. The average molecular weight is 313 g/mol. The maximum absolute atomic E-state index is 11.6. The highest BCUT2D eigenvalue weighted by Gasteiger charge is 2.15. The Labute approximate surface area is 125 Å². The van der Waals surface area contributed by atoms with E-state index in [1.807, 2.05) is 6.07 Å². The number of benzene rings is 2. The van der Waals surface area contributed by atoms with Crippen molar-refractivity contribution in [3.05, 3.63) is 40.4 Å². The van der Waals surface area contributed by atoms with Crippen LogP contribution in [-0.2, 0) is 14.3 Å². The summed E-state index contributed by atoms with van der Waals surface area (Å²) in [5, 5.41) is 2.00. The van der Waals surface area contributed by atoms with Gasteiger partial charge in [0.25, 0.3) is 0 Å². The number of rotatable bonds is 3. The molecule has 0 saturated heterocycles. The van der Waals surface area contributed by atoms with Crippen LogP contribution in [0.3, 0.4) is 0 Å². The normalized spacial score (nSPS) is 10.3. The molecule has 0 aliphatic rings. The number of carbonyl (C=O) groups excluding carboxylic acids is 2. The molecule has 0 fully saturated rings. The first-order valence-electron chi connectivity index (χ1n) is 5.70. The SMILES string of the molecule is CC(=O)OCC(=O)Oc1c(Cl)cc(Cl)c2ccccc12. The molecule has 0 amide bonds. The van der Waals surface area contributed by atoms with Gasteiger partial charge < -0.3 is 9.47 Å². The Balaban J connectivity index is 2.34. The Morgan fingerprint density at radius 3 is 2.40 bits per heavy atom. The van der Waals surface area contributed by atoms with Crippen molar-refractivity contribution in [1.82, 2.24) is 0 Å². The predicted octanol–water partition coefficient (Wildman–Crippen LogP) is 3.62. The Kier molecular flexibility index (Phi) is 4.47. The van der Waals surface area contributed by atoms with Crippen LogP contribution in [0, 0.1) is 0 Å². The fraction of sp³-hybridized carbons (Fsp3) is 0.143. The van der Waals surface area contributed by atoms with Crippen LogP contribution in [0.5, 0.6) is 5.75 Å². The van der Waals surface area contributed by atoms with Crippen molar-refractivity contribution in [2.45, 2.75) is 6.92 Å². The van der Waals surface area contributed by atoms with Gasteiger partial charge in [-0.2, -0.15) is 0 Å². The van der Waals surface area contributed by atoms with Crippen molar-refractivity contribution < 1.29 is 19.1 Å². The highest BCUT2D eigenvalue weighted by Crippen LogP contribution is 2.38. The predicted molar refractivity (Wildman–Crippen MR) is 76.2 cm³/mol. The molecule has 0 bridgehead atoms. The van der Waals surface area contributed by atoms with E-state index in [1.54, 1.807) is 18.2 Å². The molecule has 0 radical (unpaired) electrons. The first kappa shape index (κ1) is 14.6. The highest BCUT2D eigenvalue weighted by atomic mass is 35.5. The molecule has 6 heteroatoms. The van der Waals surface area contributed by atoms with Crippen LogP contribution < -0.4 is 4.74 Å². The van der Waals surface area contributed by atoms with E-state index in [4.69, 9.17) is 27.9 Å². The van der Waals surface area contributed by atoms with Crippen LogP contribution in [0.15, 0.2) is 30.3 Å². The van der Waals surface area contributed by atoms with Gasteiger partial charge in [-0.3, -0.25) is 4.79 Å². The van der Waals surface area contributed by atoms with E-state index in [0.717, 1.165) is 0 Å². The van der Waals surface area contributed by atoms with Gasteiger partial charge in [0, 0.05) is 17.7 Å². The second-order valence-electron chi connectivity index (χ2n) is 3.97. The molecule has 2 aromatic carbocycles. The van der Waals surface area contributed by atoms with Crippen LogP contribution in [0.25, 0.3) is 10.8 Å². The number of hydrogen-bond acceptors (Lipinski definition) is 4. The zero-order valence-corrected chi connectivity index (χ0v) is 12.0. The van der Waals surface area contributed by atoms with Crippen LogP contribution in [0.4, 0.5) is 0 Å². The number of carbonyl (C=O) groups is 2. The summed E-state index contributed by atoms with van der Waals surface area (Å²) in [5.74, 6) is -1.08. The molecule has 0 atom stereocenters. The lowest BCUT2D eigenvalue weighted by Crippen LogP contribution is -2.17. The number of fused-ring (bicyclic) bond motifs is 1. The minimum absolute atomic E-state index is 0.198. The number of ether oxygens (including phenoxy) is 2. The molecule has 0 aliphatic carbocycles. The molecular weight excluding hydrogens is 303 g/mol. The van der Waals surface area contributed by atoms with Gasteiger partial charge in [0.1, 0.15) is 0 Å². The van der Waals surface area contributed by atoms with Crippen molar-refractivity contribution in [3.8, 4) is 5.75 Å². The summed E-state index contributed by atoms with van der Waals surface area (Å²) < 4.78 is 9.73. The summed E-state index contributed by atoms with van der Waals surface area (Å²) in [6.45, 7) is 0.737. The molecule has 0 aromatic heterocycles. The summed E-state index contributed by atoms with van der Waals surface area (Å²) in [6, 6.07) is 8.61. The van der Waals surface area contributed by atoms with Crippen LogP contribution in [-0.4, -0.2) is 18.5 Å². The Morgan fingerprint density at radius 1 is 1.10 bits per heavy atom. The van der Waals surface area contributed by atoms with Gasteiger partial charge in [-0.1, -0.05) is 47.5 Å². The maximum atomic E-state index is 11.6. The minimum Gasteiger partial charge on any atom is -0.454 e. The molecule has 0 heterocycles. The quantitative estimate of drug-likeness (QED) is 0.641. The molecular formula is C14H10Cl2O4. The number of esters is 2. The van der Waals surface area contributed by atoms with E-state index in [9.17, 15) is 9.59 Å². The molecule has 20 heavy (non-hydrogen) atoms. The van der Waals surface area contributed by atoms with Crippen molar-refractivity contribution in [2.75, 3.05) is 6.61 Å². The van der Waals surface area contributed by atoms with Crippen LogP contribution in [0.1, 0.15) is 6.92 Å². The van der Waals surface area contributed by atoms with E-state index >= 15 is 0 Å². The Morgan fingerprint density at radius 2 is 1.75 bits per heavy atom. The van der Waals surface area contributed by atoms with Crippen molar-refractivity contribution >= 4 is 45.9 Å². The fourth-order valence-electron chi connectivity index (χ4n) is 1.68. The summed E-state index contributed by atoms with van der Waals surface area (Å²) in [4.78, 5) is 22.3. The smallest absolute Gasteiger partial charge is 0.349 e. The summed E-state index contributed by atoms with van der Waals surface area (Å²) >= 11 is 12.1. The summed E-state index contributed by atoms with van der Waals surface area (Å²) in [6.07, 6.45) is 0. The van der Waals surface area contributed by atoms with Gasteiger partial charge in [-0.25, -0.2) is 4.79 Å². The molecule has 0 aliphatic heterocycles. The lowest BCUT2D eigenvalue weighted by atomic mass is 10.1. The monoisotopic (exact) mass is 312 g/mol. The maximum Gasteiger partial charge on any atom is 0.349 e. The zero-order chi connectivity index (χ0) is 14.7. The molecule has 4 nitrogen and oxygen atoms in total. The minimum atomic E-state index is -0.713. The topological polar surface area (TPSA) is 52.6 Å². The standard InChI is InChI=1S/C14H10Cl2O4/c1-8(17)19-7-13(18)20-14-10-5-3-2-4-9(10)11(15)6-12(14)16/h2-6H,7H2,1H3. The largest absolute Gasteiger partial charge is 0.454 e. The number of hydrogen-bond donors (Lipinski definition) is 0.